The summed E-state index contributed by atoms with van der Waals surface area (Å²) in [7, 11) is 0. The lowest BCUT2D eigenvalue weighted by Gasteiger charge is -1.98. The summed E-state index contributed by atoms with van der Waals surface area (Å²) in [4.78, 5) is 18.6. The molecule has 0 unspecified atom stereocenters. The molecule has 21 heavy (non-hydrogen) atoms. The standard InChI is InChI=1S/C13H7ClN4O3/c14-10-5-4-8(18(19)20)7-9(10)13-16-12(17-21-13)11-3-1-2-6-15-11/h1-7H. The van der Waals surface area contributed by atoms with Gasteiger partial charge in [0.05, 0.1) is 15.5 Å². The molecule has 3 aromatic rings. The van der Waals surface area contributed by atoms with Gasteiger partial charge in [0.15, 0.2) is 0 Å². The number of benzene rings is 1. The molecule has 1 aromatic carbocycles. The van der Waals surface area contributed by atoms with Crippen LogP contribution in [0.15, 0.2) is 47.1 Å². The Labute approximate surface area is 123 Å². The Morgan fingerprint density at radius 3 is 2.81 bits per heavy atom. The Hall–Kier alpha value is -2.80. The van der Waals surface area contributed by atoms with Gasteiger partial charge in [-0.05, 0) is 18.2 Å². The summed E-state index contributed by atoms with van der Waals surface area (Å²) in [6.07, 6.45) is 1.60. The number of nitrogens with zero attached hydrogens (tertiary/aromatic N) is 4. The van der Waals surface area contributed by atoms with E-state index in [2.05, 4.69) is 15.1 Å². The summed E-state index contributed by atoms with van der Waals surface area (Å²) >= 11 is 6.02. The maximum atomic E-state index is 10.8. The van der Waals surface area contributed by atoms with E-state index < -0.39 is 4.92 Å². The minimum atomic E-state index is -0.518. The van der Waals surface area contributed by atoms with E-state index in [-0.39, 0.29) is 22.4 Å². The quantitative estimate of drug-likeness (QED) is 0.544. The van der Waals surface area contributed by atoms with Crippen LogP contribution in [0.2, 0.25) is 5.02 Å². The van der Waals surface area contributed by atoms with Crippen LogP contribution in [0.4, 0.5) is 5.69 Å². The Morgan fingerprint density at radius 2 is 2.10 bits per heavy atom. The molecule has 0 saturated carbocycles. The van der Waals surface area contributed by atoms with E-state index >= 15 is 0 Å². The molecule has 7 nitrogen and oxygen atoms in total. The van der Waals surface area contributed by atoms with Crippen LogP contribution >= 0.6 is 11.6 Å². The number of rotatable bonds is 3. The molecular weight excluding hydrogens is 296 g/mol. The van der Waals surface area contributed by atoms with Gasteiger partial charge in [0.1, 0.15) is 5.69 Å². The van der Waals surface area contributed by atoms with Crippen LogP contribution in [0.25, 0.3) is 23.0 Å². The Bertz CT molecular complexity index is 804. The van der Waals surface area contributed by atoms with E-state index in [1.165, 1.54) is 18.2 Å². The zero-order chi connectivity index (χ0) is 14.8. The topological polar surface area (TPSA) is 95.0 Å². The van der Waals surface area contributed by atoms with Crippen LogP contribution in [-0.2, 0) is 0 Å². The number of nitro benzene ring substituents is 1. The summed E-state index contributed by atoms with van der Waals surface area (Å²) in [5.74, 6) is 0.387. The first-order valence-electron chi connectivity index (χ1n) is 5.84. The van der Waals surface area contributed by atoms with Gasteiger partial charge in [-0.15, -0.1) is 0 Å². The molecule has 0 spiro atoms. The van der Waals surface area contributed by atoms with Gasteiger partial charge in [-0.3, -0.25) is 15.1 Å². The van der Waals surface area contributed by atoms with Crippen molar-refractivity contribution in [1.29, 1.82) is 0 Å². The molecule has 104 valence electrons. The summed E-state index contributed by atoms with van der Waals surface area (Å²) in [6.45, 7) is 0. The second kappa shape index (κ2) is 5.29. The maximum absolute atomic E-state index is 10.8. The van der Waals surface area contributed by atoms with E-state index in [9.17, 15) is 10.1 Å². The minimum absolute atomic E-state index is 0.101. The molecule has 0 aliphatic rings. The number of nitro groups is 1. The zero-order valence-corrected chi connectivity index (χ0v) is 11.2. The monoisotopic (exact) mass is 302 g/mol. The number of non-ortho nitro benzene ring substituents is 1. The fourth-order valence-corrected chi connectivity index (χ4v) is 1.92. The number of hydrogen-bond donors (Lipinski definition) is 0. The third-order valence-electron chi connectivity index (χ3n) is 2.71. The van der Waals surface area contributed by atoms with Crippen molar-refractivity contribution in [3.05, 3.63) is 57.7 Å². The van der Waals surface area contributed by atoms with Crippen molar-refractivity contribution in [3.8, 4) is 23.0 Å². The van der Waals surface area contributed by atoms with E-state index in [1.807, 2.05) is 0 Å². The normalized spacial score (nSPS) is 10.5. The molecule has 0 aliphatic carbocycles. The van der Waals surface area contributed by atoms with E-state index in [1.54, 1.807) is 24.4 Å². The van der Waals surface area contributed by atoms with Gasteiger partial charge >= 0.3 is 0 Å². The van der Waals surface area contributed by atoms with Gasteiger partial charge in [0, 0.05) is 18.3 Å². The number of pyridine rings is 1. The van der Waals surface area contributed by atoms with Crippen LogP contribution in [0.1, 0.15) is 0 Å². The Balaban J connectivity index is 2.04. The second-order valence-corrected chi connectivity index (χ2v) is 4.47. The van der Waals surface area contributed by atoms with Crippen molar-refractivity contribution >= 4 is 17.3 Å². The average Bonchev–Trinajstić information content (AvgIpc) is 2.98. The van der Waals surface area contributed by atoms with Crippen molar-refractivity contribution < 1.29 is 9.45 Å². The van der Waals surface area contributed by atoms with E-state index in [4.69, 9.17) is 16.1 Å². The molecule has 0 fully saturated rings. The van der Waals surface area contributed by atoms with E-state index in [0.29, 0.717) is 11.3 Å². The van der Waals surface area contributed by atoms with Crippen LogP contribution in [0.3, 0.4) is 0 Å². The molecule has 0 atom stereocenters. The number of halogens is 1. The minimum Gasteiger partial charge on any atom is -0.333 e. The van der Waals surface area contributed by atoms with Crippen LogP contribution < -0.4 is 0 Å². The molecule has 0 aliphatic heterocycles. The lowest BCUT2D eigenvalue weighted by molar-refractivity contribution is -0.384. The fraction of sp³-hybridized carbons (Fsp3) is 0. The second-order valence-electron chi connectivity index (χ2n) is 4.06. The first kappa shape index (κ1) is 13.2. The van der Waals surface area contributed by atoms with Crippen molar-refractivity contribution in [3.63, 3.8) is 0 Å². The van der Waals surface area contributed by atoms with E-state index in [0.717, 1.165) is 0 Å². The first-order chi connectivity index (χ1) is 10.1. The zero-order valence-electron chi connectivity index (χ0n) is 10.4. The largest absolute Gasteiger partial charge is 0.333 e. The maximum Gasteiger partial charge on any atom is 0.270 e. The SMILES string of the molecule is O=[N+]([O-])c1ccc(Cl)c(-c2nc(-c3ccccn3)no2)c1. The third kappa shape index (κ3) is 2.59. The van der Waals surface area contributed by atoms with Crippen molar-refractivity contribution in [1.82, 2.24) is 15.1 Å². The highest BCUT2D eigenvalue weighted by Gasteiger charge is 2.17. The smallest absolute Gasteiger partial charge is 0.270 e. The molecule has 3 rings (SSSR count). The molecule has 2 heterocycles. The van der Waals surface area contributed by atoms with Crippen LogP contribution in [0.5, 0.6) is 0 Å². The molecule has 0 bridgehead atoms. The molecule has 0 N–H and O–H groups in total. The first-order valence-corrected chi connectivity index (χ1v) is 6.22. The highest BCUT2D eigenvalue weighted by molar-refractivity contribution is 6.33. The Kier molecular flexibility index (Phi) is 3.33. The lowest BCUT2D eigenvalue weighted by Crippen LogP contribution is -1.89. The Morgan fingerprint density at radius 1 is 1.24 bits per heavy atom. The van der Waals surface area contributed by atoms with Gasteiger partial charge in [-0.1, -0.05) is 22.8 Å². The highest BCUT2D eigenvalue weighted by atomic mass is 35.5. The molecule has 0 saturated heterocycles. The van der Waals surface area contributed by atoms with Crippen LogP contribution in [0, 0.1) is 10.1 Å². The van der Waals surface area contributed by atoms with Crippen molar-refractivity contribution in [2.24, 2.45) is 0 Å². The van der Waals surface area contributed by atoms with Crippen molar-refractivity contribution in [2.45, 2.75) is 0 Å². The summed E-state index contributed by atoms with van der Waals surface area (Å²) in [5, 5.41) is 14.9. The van der Waals surface area contributed by atoms with Gasteiger partial charge in [-0.25, -0.2) is 0 Å². The number of hydrogen-bond acceptors (Lipinski definition) is 6. The van der Waals surface area contributed by atoms with Crippen LogP contribution in [-0.4, -0.2) is 20.0 Å². The van der Waals surface area contributed by atoms with Gasteiger partial charge in [-0.2, -0.15) is 4.98 Å². The molecule has 0 radical (unpaired) electrons. The van der Waals surface area contributed by atoms with Gasteiger partial charge in [0.2, 0.25) is 5.82 Å². The van der Waals surface area contributed by atoms with Crippen molar-refractivity contribution in [2.75, 3.05) is 0 Å². The predicted octanol–water partition coefficient (Wildman–Crippen LogP) is 3.36. The average molecular weight is 303 g/mol. The fourth-order valence-electron chi connectivity index (χ4n) is 1.72. The number of aromatic nitrogens is 3. The third-order valence-corrected chi connectivity index (χ3v) is 3.04. The van der Waals surface area contributed by atoms with Gasteiger partial charge in [0.25, 0.3) is 11.6 Å². The predicted molar refractivity (Wildman–Crippen MR) is 74.6 cm³/mol. The molecule has 8 heteroatoms. The molecule has 2 aromatic heterocycles. The molecular formula is C13H7ClN4O3. The highest BCUT2D eigenvalue weighted by Crippen LogP contribution is 2.31. The van der Waals surface area contributed by atoms with Gasteiger partial charge < -0.3 is 4.52 Å². The summed E-state index contributed by atoms with van der Waals surface area (Å²) in [5.41, 5.74) is 0.738. The summed E-state index contributed by atoms with van der Waals surface area (Å²) < 4.78 is 5.11. The molecule has 0 amide bonds. The lowest BCUT2D eigenvalue weighted by atomic mass is 10.2. The summed E-state index contributed by atoms with van der Waals surface area (Å²) in [6, 6.07) is 9.30.